The van der Waals surface area contributed by atoms with Gasteiger partial charge in [-0.05, 0) is 24.3 Å². The Labute approximate surface area is 150 Å². The number of aromatic nitrogens is 3. The lowest BCUT2D eigenvalue weighted by Gasteiger charge is -2.00. The summed E-state index contributed by atoms with van der Waals surface area (Å²) < 4.78 is 3.13. The van der Waals surface area contributed by atoms with E-state index < -0.39 is 0 Å². The van der Waals surface area contributed by atoms with Gasteiger partial charge in [0.25, 0.3) is 0 Å². The zero-order chi connectivity index (χ0) is 15.5. The molecule has 4 aromatic rings. The Kier molecular flexibility index (Phi) is 5.25. The number of rotatable bonds is 5. The van der Waals surface area contributed by atoms with Crippen LogP contribution in [0.1, 0.15) is 10.6 Å². The van der Waals surface area contributed by atoms with Crippen molar-refractivity contribution in [2.75, 3.05) is 0 Å². The normalized spacial score (nSPS) is 10.7. The molecule has 6 heteroatoms. The van der Waals surface area contributed by atoms with E-state index in [-0.39, 0.29) is 12.4 Å². The van der Waals surface area contributed by atoms with Gasteiger partial charge in [0.2, 0.25) is 0 Å². The monoisotopic (exact) mass is 356 g/mol. The van der Waals surface area contributed by atoms with Crippen LogP contribution in [-0.2, 0) is 13.1 Å². The second kappa shape index (κ2) is 7.57. The van der Waals surface area contributed by atoms with Crippen molar-refractivity contribution >= 4 is 34.0 Å². The van der Waals surface area contributed by atoms with Crippen LogP contribution in [0.3, 0.4) is 0 Å². The maximum Gasteiger partial charge on any atom is 0.108 e. The lowest BCUT2D eigenvalue weighted by atomic mass is 10.3. The molecule has 0 aliphatic heterocycles. The largest absolute Gasteiger partial charge is 0.306 e. The molecule has 0 aliphatic rings. The van der Waals surface area contributed by atoms with E-state index in [1.165, 1.54) is 4.70 Å². The predicted octanol–water partition coefficient (Wildman–Crippen LogP) is 4.19. The Hall–Kier alpha value is -2.21. The van der Waals surface area contributed by atoms with Gasteiger partial charge in [0.05, 0.1) is 22.1 Å². The molecule has 122 valence electrons. The third-order valence-corrected chi connectivity index (χ3v) is 4.64. The van der Waals surface area contributed by atoms with Crippen LogP contribution in [0, 0.1) is 0 Å². The van der Waals surface area contributed by atoms with E-state index in [0.717, 1.165) is 34.9 Å². The van der Waals surface area contributed by atoms with E-state index in [9.17, 15) is 0 Å². The number of hydrogen-bond acceptors (Lipinski definition) is 4. The van der Waals surface area contributed by atoms with Gasteiger partial charge in [0.1, 0.15) is 5.01 Å². The van der Waals surface area contributed by atoms with Gasteiger partial charge in [-0.25, -0.2) is 9.67 Å². The minimum absolute atomic E-state index is 0. The van der Waals surface area contributed by atoms with Gasteiger partial charge >= 0.3 is 0 Å². The zero-order valence-electron chi connectivity index (χ0n) is 12.9. The van der Waals surface area contributed by atoms with Gasteiger partial charge in [-0.3, -0.25) is 0 Å². The summed E-state index contributed by atoms with van der Waals surface area (Å²) in [6.07, 6.45) is 3.96. The molecule has 4 rings (SSSR count). The van der Waals surface area contributed by atoms with Crippen LogP contribution in [0.2, 0.25) is 0 Å². The molecule has 0 saturated carbocycles. The molecular weight excluding hydrogens is 340 g/mol. The standard InChI is InChI=1S/C18H16N4S.ClH/c1-2-6-15(7-3-1)22-13-14(11-20-22)10-19-12-18-21-16-8-4-5-9-17(16)23-18;/h1-9,11,13,19H,10,12H2;1H. The fourth-order valence-electron chi connectivity index (χ4n) is 2.48. The van der Waals surface area contributed by atoms with Crippen molar-refractivity contribution < 1.29 is 0 Å². The van der Waals surface area contributed by atoms with Gasteiger partial charge in [-0.15, -0.1) is 23.7 Å². The molecule has 0 saturated heterocycles. The van der Waals surface area contributed by atoms with Gasteiger partial charge in [-0.1, -0.05) is 30.3 Å². The number of benzene rings is 2. The van der Waals surface area contributed by atoms with Crippen LogP contribution in [0.15, 0.2) is 67.0 Å². The first-order chi connectivity index (χ1) is 11.4. The maximum atomic E-state index is 4.63. The van der Waals surface area contributed by atoms with E-state index in [0.29, 0.717) is 0 Å². The van der Waals surface area contributed by atoms with Crippen LogP contribution in [0.25, 0.3) is 15.9 Å². The molecular formula is C18H17ClN4S. The van der Waals surface area contributed by atoms with E-state index in [1.807, 2.05) is 47.3 Å². The average Bonchev–Trinajstić information content (AvgIpc) is 3.22. The number of halogens is 1. The molecule has 4 nitrogen and oxygen atoms in total. The summed E-state index contributed by atoms with van der Waals surface area (Å²) in [7, 11) is 0. The first-order valence-corrected chi connectivity index (χ1v) is 8.34. The SMILES string of the molecule is Cl.c1ccc(-n2cc(CNCc3nc4ccccc4s3)cn2)cc1. The highest BCUT2D eigenvalue weighted by Gasteiger charge is 2.04. The van der Waals surface area contributed by atoms with Crippen LogP contribution in [0.5, 0.6) is 0 Å². The van der Waals surface area contributed by atoms with Crippen LogP contribution >= 0.6 is 23.7 Å². The molecule has 0 radical (unpaired) electrons. The number of thiazole rings is 1. The highest BCUT2D eigenvalue weighted by atomic mass is 35.5. The molecule has 0 atom stereocenters. The number of fused-ring (bicyclic) bond motifs is 1. The quantitative estimate of drug-likeness (QED) is 0.583. The van der Waals surface area contributed by atoms with E-state index in [2.05, 4.69) is 39.8 Å². The molecule has 0 bridgehead atoms. The van der Waals surface area contributed by atoms with Crippen molar-refractivity contribution in [3.05, 3.63) is 77.6 Å². The fraction of sp³-hybridized carbons (Fsp3) is 0.111. The summed E-state index contributed by atoms with van der Waals surface area (Å²) in [5, 5.41) is 8.96. The summed E-state index contributed by atoms with van der Waals surface area (Å²) in [5.74, 6) is 0. The summed E-state index contributed by atoms with van der Waals surface area (Å²) in [6.45, 7) is 1.55. The number of para-hydroxylation sites is 2. The van der Waals surface area contributed by atoms with Gasteiger partial charge in [0, 0.05) is 24.8 Å². The average molecular weight is 357 g/mol. The van der Waals surface area contributed by atoms with Gasteiger partial charge in [-0.2, -0.15) is 5.10 Å². The number of nitrogens with one attached hydrogen (secondary N) is 1. The van der Waals surface area contributed by atoms with Crippen molar-refractivity contribution in [1.82, 2.24) is 20.1 Å². The molecule has 1 N–H and O–H groups in total. The van der Waals surface area contributed by atoms with Gasteiger partial charge < -0.3 is 5.32 Å². The number of nitrogens with zero attached hydrogens (tertiary/aromatic N) is 3. The second-order valence-electron chi connectivity index (χ2n) is 5.31. The molecule has 2 aromatic heterocycles. The predicted molar refractivity (Wildman–Crippen MR) is 101 cm³/mol. The van der Waals surface area contributed by atoms with Crippen molar-refractivity contribution in [3.63, 3.8) is 0 Å². The third kappa shape index (κ3) is 3.64. The smallest absolute Gasteiger partial charge is 0.108 e. The molecule has 0 unspecified atom stereocenters. The molecule has 0 spiro atoms. The number of hydrogen-bond donors (Lipinski definition) is 1. The molecule has 2 heterocycles. The summed E-state index contributed by atoms with van der Waals surface area (Å²) in [5.41, 5.74) is 3.31. The molecule has 0 aliphatic carbocycles. The highest BCUT2D eigenvalue weighted by molar-refractivity contribution is 7.18. The minimum atomic E-state index is 0. The Morgan fingerprint density at radius 2 is 1.75 bits per heavy atom. The minimum Gasteiger partial charge on any atom is -0.306 e. The highest BCUT2D eigenvalue weighted by Crippen LogP contribution is 2.21. The van der Waals surface area contributed by atoms with Crippen molar-refractivity contribution in [1.29, 1.82) is 0 Å². The van der Waals surface area contributed by atoms with Crippen LogP contribution in [-0.4, -0.2) is 14.8 Å². The molecule has 0 fully saturated rings. The first kappa shape index (κ1) is 16.6. The van der Waals surface area contributed by atoms with E-state index in [1.54, 1.807) is 11.3 Å². The third-order valence-electron chi connectivity index (χ3n) is 3.60. The summed E-state index contributed by atoms with van der Waals surface area (Å²) >= 11 is 1.74. The van der Waals surface area contributed by atoms with Gasteiger partial charge in [0.15, 0.2) is 0 Å². The Bertz CT molecular complexity index is 884. The lowest BCUT2D eigenvalue weighted by Crippen LogP contribution is -2.11. The van der Waals surface area contributed by atoms with Crippen molar-refractivity contribution in [2.24, 2.45) is 0 Å². The van der Waals surface area contributed by atoms with Crippen molar-refractivity contribution in [2.45, 2.75) is 13.1 Å². The second-order valence-corrected chi connectivity index (χ2v) is 6.42. The molecule has 2 aromatic carbocycles. The first-order valence-electron chi connectivity index (χ1n) is 7.53. The van der Waals surface area contributed by atoms with Crippen LogP contribution < -0.4 is 5.32 Å². The maximum absolute atomic E-state index is 4.63. The lowest BCUT2D eigenvalue weighted by molar-refractivity contribution is 0.691. The zero-order valence-corrected chi connectivity index (χ0v) is 14.6. The van der Waals surface area contributed by atoms with E-state index >= 15 is 0 Å². The molecule has 24 heavy (non-hydrogen) atoms. The summed E-state index contributed by atoms with van der Waals surface area (Å²) in [4.78, 5) is 4.63. The van der Waals surface area contributed by atoms with Crippen LogP contribution in [0.4, 0.5) is 0 Å². The molecule has 0 amide bonds. The van der Waals surface area contributed by atoms with E-state index in [4.69, 9.17) is 0 Å². The topological polar surface area (TPSA) is 42.7 Å². The van der Waals surface area contributed by atoms with Crippen molar-refractivity contribution in [3.8, 4) is 5.69 Å². The Balaban J connectivity index is 0.00000169. The Morgan fingerprint density at radius 1 is 0.958 bits per heavy atom. The summed E-state index contributed by atoms with van der Waals surface area (Å²) in [6, 6.07) is 18.4. The Morgan fingerprint density at radius 3 is 2.58 bits per heavy atom. The fourth-order valence-corrected chi connectivity index (χ4v) is 3.42.